The Balaban J connectivity index is 2.07. The third-order valence-electron chi connectivity index (χ3n) is 4.28. The van der Waals surface area contributed by atoms with Crippen LogP contribution in [-0.2, 0) is 4.79 Å². The second-order valence-electron chi connectivity index (χ2n) is 5.67. The number of aryl methyl sites for hydroxylation is 2. The smallest absolute Gasteiger partial charge is 0.219 e. The number of piperidine rings is 1. The number of nitrogens with two attached hydrogens (primary N) is 1. The zero-order valence-corrected chi connectivity index (χ0v) is 13.2. The first kappa shape index (κ1) is 14.3. The van der Waals surface area contributed by atoms with Crippen LogP contribution in [0.1, 0.15) is 36.1 Å². The SMILES string of the molecule is Cc1sc2ncnc(N3CCCCC3CC(N)=O)c2c1C. The first-order valence-electron chi connectivity index (χ1n) is 7.33. The van der Waals surface area contributed by atoms with Gasteiger partial charge in [-0.2, -0.15) is 0 Å². The van der Waals surface area contributed by atoms with E-state index in [-0.39, 0.29) is 11.9 Å². The molecule has 1 amide bonds. The average molecular weight is 304 g/mol. The molecule has 5 nitrogen and oxygen atoms in total. The lowest BCUT2D eigenvalue weighted by atomic mass is 9.98. The minimum absolute atomic E-state index is 0.161. The zero-order valence-electron chi connectivity index (χ0n) is 12.4. The van der Waals surface area contributed by atoms with Crippen LogP contribution in [0.5, 0.6) is 0 Å². The second kappa shape index (κ2) is 5.60. The Morgan fingerprint density at radius 3 is 3.00 bits per heavy atom. The van der Waals surface area contributed by atoms with Gasteiger partial charge in [-0.1, -0.05) is 0 Å². The van der Waals surface area contributed by atoms with E-state index in [0.717, 1.165) is 41.8 Å². The fourth-order valence-electron chi connectivity index (χ4n) is 3.11. The minimum Gasteiger partial charge on any atom is -0.370 e. The van der Waals surface area contributed by atoms with Gasteiger partial charge in [0, 0.05) is 23.9 Å². The summed E-state index contributed by atoms with van der Waals surface area (Å²) < 4.78 is 0. The maximum atomic E-state index is 11.3. The highest BCUT2D eigenvalue weighted by molar-refractivity contribution is 7.18. The minimum atomic E-state index is -0.240. The van der Waals surface area contributed by atoms with Crippen LogP contribution < -0.4 is 10.6 Å². The highest BCUT2D eigenvalue weighted by Crippen LogP contribution is 2.36. The van der Waals surface area contributed by atoms with Gasteiger partial charge in [0.15, 0.2) is 0 Å². The summed E-state index contributed by atoms with van der Waals surface area (Å²) in [5.74, 6) is 0.725. The monoisotopic (exact) mass is 304 g/mol. The van der Waals surface area contributed by atoms with Gasteiger partial charge in [0.1, 0.15) is 17.0 Å². The van der Waals surface area contributed by atoms with Gasteiger partial charge >= 0.3 is 0 Å². The first-order chi connectivity index (χ1) is 10.1. The van der Waals surface area contributed by atoms with Crippen LogP contribution in [0.4, 0.5) is 5.82 Å². The van der Waals surface area contributed by atoms with E-state index in [1.807, 2.05) is 0 Å². The van der Waals surface area contributed by atoms with Gasteiger partial charge in [-0.15, -0.1) is 11.3 Å². The third kappa shape index (κ3) is 2.60. The summed E-state index contributed by atoms with van der Waals surface area (Å²) in [7, 11) is 0. The predicted molar refractivity (Wildman–Crippen MR) is 85.7 cm³/mol. The van der Waals surface area contributed by atoms with E-state index >= 15 is 0 Å². The molecule has 1 saturated heterocycles. The molecule has 2 N–H and O–H groups in total. The van der Waals surface area contributed by atoms with E-state index < -0.39 is 0 Å². The molecular formula is C15H20N4OS. The van der Waals surface area contributed by atoms with Crippen LogP contribution in [0.3, 0.4) is 0 Å². The first-order valence-corrected chi connectivity index (χ1v) is 8.15. The molecule has 0 saturated carbocycles. The van der Waals surface area contributed by atoms with E-state index in [0.29, 0.717) is 6.42 Å². The van der Waals surface area contributed by atoms with E-state index in [1.165, 1.54) is 10.4 Å². The number of rotatable bonds is 3. The van der Waals surface area contributed by atoms with Gasteiger partial charge in [-0.05, 0) is 38.7 Å². The number of carbonyl (C=O) groups is 1. The summed E-state index contributed by atoms with van der Waals surface area (Å²) in [5, 5.41) is 1.14. The van der Waals surface area contributed by atoms with Crippen molar-refractivity contribution in [1.29, 1.82) is 0 Å². The zero-order chi connectivity index (χ0) is 15.0. The van der Waals surface area contributed by atoms with Crippen LogP contribution in [0.15, 0.2) is 6.33 Å². The Bertz CT molecular complexity index is 682. The molecule has 6 heteroatoms. The number of thiophene rings is 1. The van der Waals surface area contributed by atoms with Crippen molar-refractivity contribution in [2.75, 3.05) is 11.4 Å². The fraction of sp³-hybridized carbons (Fsp3) is 0.533. The Labute approximate surface area is 128 Å². The molecule has 0 spiro atoms. The third-order valence-corrected chi connectivity index (χ3v) is 5.40. The van der Waals surface area contributed by atoms with Crippen molar-refractivity contribution in [2.24, 2.45) is 5.73 Å². The molecule has 1 fully saturated rings. The molecule has 0 radical (unpaired) electrons. The summed E-state index contributed by atoms with van der Waals surface area (Å²) >= 11 is 1.70. The molecule has 1 aliphatic heterocycles. The lowest BCUT2D eigenvalue weighted by Gasteiger charge is -2.36. The second-order valence-corrected chi connectivity index (χ2v) is 6.88. The fourth-order valence-corrected chi connectivity index (χ4v) is 4.10. The molecule has 2 aromatic heterocycles. The van der Waals surface area contributed by atoms with Crippen LogP contribution in [0.2, 0.25) is 0 Å². The van der Waals surface area contributed by atoms with Crippen molar-refractivity contribution in [2.45, 2.75) is 45.6 Å². The number of hydrogen-bond acceptors (Lipinski definition) is 5. The lowest BCUT2D eigenvalue weighted by molar-refractivity contribution is -0.118. The molecule has 21 heavy (non-hydrogen) atoms. The normalized spacial score (nSPS) is 19.1. The van der Waals surface area contributed by atoms with E-state index in [4.69, 9.17) is 5.73 Å². The largest absolute Gasteiger partial charge is 0.370 e. The molecule has 1 atom stereocenters. The van der Waals surface area contributed by atoms with Crippen LogP contribution in [0.25, 0.3) is 10.2 Å². The molecular weight excluding hydrogens is 284 g/mol. The van der Waals surface area contributed by atoms with Crippen molar-refractivity contribution in [3.8, 4) is 0 Å². The van der Waals surface area contributed by atoms with E-state index in [1.54, 1.807) is 17.7 Å². The molecule has 1 unspecified atom stereocenters. The number of carbonyl (C=O) groups excluding carboxylic acids is 1. The van der Waals surface area contributed by atoms with Gasteiger partial charge < -0.3 is 10.6 Å². The average Bonchev–Trinajstić information content (AvgIpc) is 2.74. The molecule has 3 rings (SSSR count). The predicted octanol–water partition coefficient (Wildman–Crippen LogP) is 2.54. The number of fused-ring (bicyclic) bond motifs is 1. The summed E-state index contributed by atoms with van der Waals surface area (Å²) in [5.41, 5.74) is 6.66. The van der Waals surface area contributed by atoms with Gasteiger partial charge in [-0.25, -0.2) is 9.97 Å². The summed E-state index contributed by atoms with van der Waals surface area (Å²) in [6.45, 7) is 5.16. The topological polar surface area (TPSA) is 72.1 Å². The highest BCUT2D eigenvalue weighted by atomic mass is 32.1. The standard InChI is InChI=1S/C15H20N4OS/c1-9-10(2)21-15-13(9)14(17-8-18-15)19-6-4-3-5-11(19)7-12(16)20/h8,11H,3-7H2,1-2H3,(H2,16,20). The van der Waals surface area contributed by atoms with Crippen molar-refractivity contribution in [3.05, 3.63) is 16.8 Å². The van der Waals surface area contributed by atoms with Crippen molar-refractivity contribution >= 4 is 33.3 Å². The number of aromatic nitrogens is 2. The lowest BCUT2D eigenvalue weighted by Crippen LogP contribution is -2.42. The van der Waals surface area contributed by atoms with Gasteiger partial charge in [0.2, 0.25) is 5.91 Å². The maximum Gasteiger partial charge on any atom is 0.219 e. The molecule has 1 aliphatic rings. The molecule has 3 heterocycles. The number of primary amides is 1. The molecule has 0 aromatic carbocycles. The Hall–Kier alpha value is -1.69. The number of anilines is 1. The van der Waals surface area contributed by atoms with E-state index in [2.05, 4.69) is 28.7 Å². The number of hydrogen-bond donors (Lipinski definition) is 1. The van der Waals surface area contributed by atoms with Crippen LogP contribution in [-0.4, -0.2) is 28.5 Å². The maximum absolute atomic E-state index is 11.3. The van der Waals surface area contributed by atoms with Crippen molar-refractivity contribution in [3.63, 3.8) is 0 Å². The van der Waals surface area contributed by atoms with Crippen molar-refractivity contribution < 1.29 is 4.79 Å². The number of nitrogens with zero attached hydrogens (tertiary/aromatic N) is 3. The molecule has 0 bridgehead atoms. The Morgan fingerprint density at radius 1 is 1.43 bits per heavy atom. The molecule has 0 aliphatic carbocycles. The van der Waals surface area contributed by atoms with Crippen LogP contribution in [0, 0.1) is 13.8 Å². The van der Waals surface area contributed by atoms with E-state index in [9.17, 15) is 4.79 Å². The van der Waals surface area contributed by atoms with Gasteiger partial charge in [-0.3, -0.25) is 4.79 Å². The molecule has 2 aromatic rings. The quantitative estimate of drug-likeness (QED) is 0.946. The Kier molecular flexibility index (Phi) is 3.80. The number of amides is 1. The van der Waals surface area contributed by atoms with Crippen molar-refractivity contribution in [1.82, 2.24) is 9.97 Å². The summed E-state index contributed by atoms with van der Waals surface area (Å²) in [6.07, 6.45) is 5.29. The summed E-state index contributed by atoms with van der Waals surface area (Å²) in [6, 6.07) is 0.161. The Morgan fingerprint density at radius 2 is 2.24 bits per heavy atom. The highest BCUT2D eigenvalue weighted by Gasteiger charge is 2.27. The molecule has 112 valence electrons. The van der Waals surface area contributed by atoms with Gasteiger partial charge in [0.25, 0.3) is 0 Å². The van der Waals surface area contributed by atoms with Gasteiger partial charge in [0.05, 0.1) is 5.39 Å². The van der Waals surface area contributed by atoms with Crippen LogP contribution >= 0.6 is 11.3 Å². The summed E-state index contributed by atoms with van der Waals surface area (Å²) in [4.78, 5) is 24.8.